The fraction of sp³-hybridized carbons (Fsp3) is 0.621. The minimum absolute atomic E-state index is 0.0730. The van der Waals surface area contributed by atoms with Gasteiger partial charge in [-0.25, -0.2) is 13.2 Å². The number of nitro benzene ring substituents is 1. The number of rotatable bonds is 11. The van der Waals surface area contributed by atoms with Crippen LogP contribution in [0.1, 0.15) is 55.4 Å². The molecule has 0 N–H and O–H groups in total. The summed E-state index contributed by atoms with van der Waals surface area (Å²) < 4.78 is 41.0. The molecule has 42 heavy (non-hydrogen) atoms. The number of hydrogen-bond acceptors (Lipinski definition) is 8. The lowest BCUT2D eigenvalue weighted by Crippen LogP contribution is -2.58. The minimum atomic E-state index is -4.58. The first-order chi connectivity index (χ1) is 19.1. The number of benzene rings is 1. The maximum atomic E-state index is 14.0. The van der Waals surface area contributed by atoms with Crippen LogP contribution in [0.15, 0.2) is 53.5 Å². The first-order valence-electron chi connectivity index (χ1n) is 14.0. The van der Waals surface area contributed by atoms with Crippen molar-refractivity contribution in [2.45, 2.75) is 96.1 Å². The molecule has 1 aromatic carbocycles. The quantitative estimate of drug-likeness (QED) is 0.121. The van der Waals surface area contributed by atoms with E-state index in [0.29, 0.717) is 0 Å². The van der Waals surface area contributed by atoms with E-state index in [1.165, 1.54) is 23.1 Å². The van der Waals surface area contributed by atoms with Crippen LogP contribution in [0, 0.1) is 16.0 Å². The second-order valence-corrected chi connectivity index (χ2v) is 19.7. The van der Waals surface area contributed by atoms with Crippen LogP contribution in [0.2, 0.25) is 18.1 Å². The smallest absolute Gasteiger partial charge is 0.410 e. The number of hydroxylamine groups is 1. The van der Waals surface area contributed by atoms with Crippen molar-refractivity contribution in [3.8, 4) is 0 Å². The Morgan fingerprint density at radius 3 is 2.31 bits per heavy atom. The zero-order chi connectivity index (χ0) is 32.3. The van der Waals surface area contributed by atoms with E-state index in [1.54, 1.807) is 26.8 Å². The Morgan fingerprint density at radius 1 is 1.21 bits per heavy atom. The molecule has 0 fully saturated rings. The molecule has 0 saturated carbocycles. The molecule has 1 aliphatic rings. The molecule has 1 amide bonds. The van der Waals surface area contributed by atoms with Gasteiger partial charge in [-0.15, -0.1) is 6.58 Å². The normalized spacial score (nSPS) is 18.7. The summed E-state index contributed by atoms with van der Waals surface area (Å²) >= 11 is 0. The minimum Gasteiger partial charge on any atom is -0.444 e. The lowest BCUT2D eigenvalue weighted by atomic mass is 9.89. The van der Waals surface area contributed by atoms with Crippen molar-refractivity contribution < 1.29 is 32.1 Å². The molecule has 2 unspecified atom stereocenters. The van der Waals surface area contributed by atoms with Crippen LogP contribution in [-0.4, -0.2) is 74.6 Å². The van der Waals surface area contributed by atoms with Crippen LogP contribution in [0.5, 0.6) is 0 Å². The van der Waals surface area contributed by atoms with Crippen molar-refractivity contribution in [3.05, 3.63) is 58.7 Å². The molecule has 11 nitrogen and oxygen atoms in total. The summed E-state index contributed by atoms with van der Waals surface area (Å²) in [6.45, 7) is 23.3. The number of amides is 1. The number of sulfonamides is 1. The lowest BCUT2D eigenvalue weighted by molar-refractivity contribution is -0.388. The van der Waals surface area contributed by atoms with Crippen molar-refractivity contribution in [2.24, 2.45) is 5.92 Å². The molecule has 1 heterocycles. The van der Waals surface area contributed by atoms with Crippen molar-refractivity contribution in [1.82, 2.24) is 9.37 Å². The Balaban J connectivity index is 2.71. The van der Waals surface area contributed by atoms with Gasteiger partial charge in [0.1, 0.15) is 5.60 Å². The van der Waals surface area contributed by atoms with Crippen molar-refractivity contribution in [3.63, 3.8) is 0 Å². The zero-order valence-corrected chi connectivity index (χ0v) is 28.4. The number of nitro groups is 1. The second kappa shape index (κ2) is 13.4. The van der Waals surface area contributed by atoms with E-state index in [2.05, 4.69) is 40.4 Å². The van der Waals surface area contributed by atoms with Gasteiger partial charge >= 0.3 is 6.09 Å². The maximum absolute atomic E-state index is 14.0. The van der Waals surface area contributed by atoms with Gasteiger partial charge in [-0.2, -0.15) is 0 Å². The van der Waals surface area contributed by atoms with Crippen molar-refractivity contribution in [1.29, 1.82) is 0 Å². The highest BCUT2D eigenvalue weighted by Crippen LogP contribution is 2.38. The van der Waals surface area contributed by atoms with Gasteiger partial charge in [0.2, 0.25) is 0 Å². The van der Waals surface area contributed by atoms with E-state index in [0.717, 1.165) is 22.2 Å². The van der Waals surface area contributed by atoms with Crippen LogP contribution in [0.25, 0.3) is 0 Å². The Hall–Kier alpha value is -2.58. The number of para-hydroxylation sites is 1. The summed E-state index contributed by atoms with van der Waals surface area (Å²) in [6, 6.07) is 3.53. The van der Waals surface area contributed by atoms with Crippen LogP contribution < -0.4 is 0 Å². The first kappa shape index (κ1) is 35.6. The van der Waals surface area contributed by atoms with Crippen LogP contribution >= 0.6 is 0 Å². The number of ether oxygens (including phenoxy) is 1. The van der Waals surface area contributed by atoms with Crippen LogP contribution in [0.4, 0.5) is 10.5 Å². The zero-order valence-electron chi connectivity index (χ0n) is 26.5. The topological polar surface area (TPSA) is 129 Å². The Bertz CT molecular complexity index is 1280. The standard InChI is InChI=1S/C29H47N3O8SSi/c1-12-17-38-32(41(36,37)26-16-14-13-15-24(26)31(34)35)22-18-23(21(2)3)25(20-39-42(10,11)29(7,8)9)30(19-22)27(33)40-28(4,5)6/h12-16,18,21-22,25H,1,17,19-20H2,2-11H3. The first-order valence-corrected chi connectivity index (χ1v) is 18.4. The van der Waals surface area contributed by atoms with E-state index in [1.807, 2.05) is 13.8 Å². The third-order valence-corrected chi connectivity index (χ3v) is 13.7. The predicted octanol–water partition coefficient (Wildman–Crippen LogP) is 6.30. The largest absolute Gasteiger partial charge is 0.444 e. The van der Waals surface area contributed by atoms with Gasteiger partial charge in [0.05, 0.1) is 30.2 Å². The van der Waals surface area contributed by atoms with Crippen LogP contribution in [0.3, 0.4) is 0 Å². The monoisotopic (exact) mass is 625 g/mol. The molecular weight excluding hydrogens is 578 g/mol. The van der Waals surface area contributed by atoms with E-state index in [-0.39, 0.29) is 30.7 Å². The van der Waals surface area contributed by atoms with Crippen molar-refractivity contribution >= 4 is 30.1 Å². The number of nitrogens with zero attached hydrogens (tertiary/aromatic N) is 3. The molecule has 2 rings (SSSR count). The molecular formula is C29H47N3O8SSi. The molecule has 1 aliphatic heterocycles. The SMILES string of the molecule is C=CCON(C1C=C(C(C)C)C(CO[Si](C)(C)C(C)(C)C)N(C(=O)OC(C)(C)C)C1)S(=O)(=O)c1ccccc1[N+](=O)[O-]. The Morgan fingerprint density at radius 2 is 1.81 bits per heavy atom. The van der Waals surface area contributed by atoms with Gasteiger partial charge in [0, 0.05) is 12.6 Å². The van der Waals surface area contributed by atoms with E-state index >= 15 is 0 Å². The highest BCUT2D eigenvalue weighted by Gasteiger charge is 2.45. The summed E-state index contributed by atoms with van der Waals surface area (Å²) in [5.41, 5.74) is -0.634. The van der Waals surface area contributed by atoms with E-state index in [4.69, 9.17) is 14.0 Å². The fourth-order valence-corrected chi connectivity index (χ4v) is 6.75. The molecule has 0 saturated heterocycles. The predicted molar refractivity (Wildman–Crippen MR) is 165 cm³/mol. The summed E-state index contributed by atoms with van der Waals surface area (Å²) in [4.78, 5) is 31.3. The highest BCUT2D eigenvalue weighted by atomic mass is 32.2. The Labute approximate surface area is 251 Å². The summed E-state index contributed by atoms with van der Waals surface area (Å²) in [5.74, 6) is -0.110. The summed E-state index contributed by atoms with van der Waals surface area (Å²) in [7, 11) is -6.80. The third-order valence-electron chi connectivity index (χ3n) is 7.40. The number of carbonyl (C=O) groups excluding carboxylic acids is 1. The molecule has 0 bridgehead atoms. The average Bonchev–Trinajstić information content (AvgIpc) is 2.85. The van der Waals surface area contributed by atoms with Gasteiger partial charge in [-0.1, -0.05) is 63.4 Å². The average molecular weight is 626 g/mol. The van der Waals surface area contributed by atoms with Gasteiger partial charge < -0.3 is 9.16 Å². The summed E-state index contributed by atoms with van der Waals surface area (Å²) in [5, 5.41) is 11.7. The molecule has 13 heteroatoms. The number of carbonyl (C=O) groups is 1. The summed E-state index contributed by atoms with van der Waals surface area (Å²) in [6.07, 6.45) is 2.51. The second-order valence-electron chi connectivity index (χ2n) is 13.2. The molecule has 0 spiro atoms. The molecule has 1 aromatic rings. The molecule has 0 aromatic heterocycles. The lowest BCUT2D eigenvalue weighted by Gasteiger charge is -2.45. The molecule has 0 aliphatic carbocycles. The fourth-order valence-electron chi connectivity index (χ4n) is 4.20. The maximum Gasteiger partial charge on any atom is 0.410 e. The number of hydrogen-bond donors (Lipinski definition) is 0. The van der Waals surface area contributed by atoms with E-state index < -0.39 is 57.6 Å². The van der Waals surface area contributed by atoms with Crippen LogP contribution in [-0.2, 0) is 24.0 Å². The third kappa shape index (κ3) is 8.50. The highest BCUT2D eigenvalue weighted by molar-refractivity contribution is 7.89. The molecule has 2 atom stereocenters. The van der Waals surface area contributed by atoms with Gasteiger partial charge in [0.25, 0.3) is 15.7 Å². The van der Waals surface area contributed by atoms with Gasteiger partial charge in [-0.3, -0.25) is 19.9 Å². The molecule has 236 valence electrons. The van der Waals surface area contributed by atoms with E-state index in [9.17, 15) is 23.3 Å². The van der Waals surface area contributed by atoms with Gasteiger partial charge in [-0.05, 0) is 56.5 Å². The molecule has 0 radical (unpaired) electrons. The van der Waals surface area contributed by atoms with Gasteiger partial charge in [0.15, 0.2) is 13.2 Å². The Kier molecular flexibility index (Phi) is 11.3. The van der Waals surface area contributed by atoms with Crippen molar-refractivity contribution in [2.75, 3.05) is 19.8 Å².